The molecule has 1 aromatic rings. The van der Waals surface area contributed by atoms with Gasteiger partial charge in [0.2, 0.25) is 5.91 Å². The van der Waals surface area contributed by atoms with Crippen molar-refractivity contribution < 1.29 is 14.3 Å². The van der Waals surface area contributed by atoms with Crippen molar-refractivity contribution in [3.05, 3.63) is 35.4 Å². The van der Waals surface area contributed by atoms with Gasteiger partial charge >= 0.3 is 0 Å². The number of carbonyl (C=O) groups excluding carboxylic acids is 1. The quantitative estimate of drug-likeness (QED) is 0.820. The summed E-state index contributed by atoms with van der Waals surface area (Å²) >= 11 is 0. The second kappa shape index (κ2) is 8.77. The topological polar surface area (TPSA) is 50.8 Å². The second-order valence-corrected chi connectivity index (χ2v) is 5.07. The Morgan fingerprint density at radius 1 is 1.29 bits per heavy atom. The molecule has 1 heterocycles. The summed E-state index contributed by atoms with van der Waals surface area (Å²) in [5.74, 6) is -0.0713. The number of carbonyl (C=O) groups is 1. The fourth-order valence-corrected chi connectivity index (χ4v) is 2.32. The monoisotopic (exact) mass is 292 g/mol. The van der Waals surface area contributed by atoms with Gasteiger partial charge in [-0.25, -0.2) is 0 Å². The third-order valence-corrected chi connectivity index (χ3v) is 3.53. The van der Waals surface area contributed by atoms with Gasteiger partial charge in [0.15, 0.2) is 0 Å². The number of rotatable bonds is 7. The molecule has 0 saturated carbocycles. The van der Waals surface area contributed by atoms with Gasteiger partial charge in [0.25, 0.3) is 0 Å². The molecule has 21 heavy (non-hydrogen) atoms. The standard InChI is InChI=1S/C16H24N2O3/c1-2-20-13-16(19)17-11-14-5-3-4-6-15(14)12-18-7-9-21-10-8-18/h3-6H,2,7-13H2,1H3,(H,17,19). The maximum Gasteiger partial charge on any atom is 0.246 e. The smallest absolute Gasteiger partial charge is 0.246 e. The fraction of sp³-hybridized carbons (Fsp3) is 0.562. The van der Waals surface area contributed by atoms with Gasteiger partial charge in [0.05, 0.1) is 13.2 Å². The molecule has 1 fully saturated rings. The van der Waals surface area contributed by atoms with E-state index < -0.39 is 0 Å². The zero-order chi connectivity index (χ0) is 14.9. The summed E-state index contributed by atoms with van der Waals surface area (Å²) in [6, 6.07) is 8.24. The summed E-state index contributed by atoms with van der Waals surface area (Å²) in [7, 11) is 0. The van der Waals surface area contributed by atoms with E-state index in [0.29, 0.717) is 13.2 Å². The maximum atomic E-state index is 11.6. The molecule has 0 unspecified atom stereocenters. The SMILES string of the molecule is CCOCC(=O)NCc1ccccc1CN1CCOCC1. The zero-order valence-electron chi connectivity index (χ0n) is 12.6. The third-order valence-electron chi connectivity index (χ3n) is 3.53. The normalized spacial score (nSPS) is 15.9. The molecule has 0 aromatic heterocycles. The lowest BCUT2D eigenvalue weighted by molar-refractivity contribution is -0.125. The first-order chi connectivity index (χ1) is 10.3. The van der Waals surface area contributed by atoms with Crippen LogP contribution in [0.3, 0.4) is 0 Å². The first-order valence-electron chi connectivity index (χ1n) is 7.51. The number of benzene rings is 1. The minimum Gasteiger partial charge on any atom is -0.379 e. The van der Waals surface area contributed by atoms with Gasteiger partial charge in [-0.2, -0.15) is 0 Å². The highest BCUT2D eigenvalue weighted by Gasteiger charge is 2.12. The summed E-state index contributed by atoms with van der Waals surface area (Å²) in [5.41, 5.74) is 2.42. The van der Waals surface area contributed by atoms with Crippen molar-refractivity contribution in [2.45, 2.75) is 20.0 Å². The van der Waals surface area contributed by atoms with Crippen LogP contribution in [0.25, 0.3) is 0 Å². The predicted octanol–water partition coefficient (Wildman–Crippen LogP) is 1.17. The average Bonchev–Trinajstić information content (AvgIpc) is 2.53. The number of hydrogen-bond donors (Lipinski definition) is 1. The van der Waals surface area contributed by atoms with Crippen LogP contribution in [0.5, 0.6) is 0 Å². The Balaban J connectivity index is 1.88. The Morgan fingerprint density at radius 3 is 2.71 bits per heavy atom. The Bertz CT molecular complexity index is 445. The molecule has 1 N–H and O–H groups in total. The summed E-state index contributed by atoms with van der Waals surface area (Å²) in [5, 5.41) is 2.90. The molecule has 1 amide bonds. The van der Waals surface area contributed by atoms with Crippen LogP contribution >= 0.6 is 0 Å². The van der Waals surface area contributed by atoms with Crippen molar-refractivity contribution in [1.82, 2.24) is 10.2 Å². The minimum absolute atomic E-state index is 0.0713. The zero-order valence-corrected chi connectivity index (χ0v) is 12.6. The first-order valence-corrected chi connectivity index (χ1v) is 7.51. The van der Waals surface area contributed by atoms with Crippen LogP contribution in [0.15, 0.2) is 24.3 Å². The maximum absolute atomic E-state index is 11.6. The van der Waals surface area contributed by atoms with Gasteiger partial charge < -0.3 is 14.8 Å². The van der Waals surface area contributed by atoms with Crippen LogP contribution in [0.2, 0.25) is 0 Å². The van der Waals surface area contributed by atoms with Crippen molar-refractivity contribution in [1.29, 1.82) is 0 Å². The molecular formula is C16H24N2O3. The molecule has 0 bridgehead atoms. The second-order valence-electron chi connectivity index (χ2n) is 5.07. The summed E-state index contributed by atoms with van der Waals surface area (Å²) in [6.45, 7) is 7.54. The molecule has 1 aliphatic rings. The molecule has 0 spiro atoms. The van der Waals surface area contributed by atoms with Gasteiger partial charge in [-0.3, -0.25) is 9.69 Å². The van der Waals surface area contributed by atoms with E-state index in [4.69, 9.17) is 9.47 Å². The number of nitrogens with one attached hydrogen (secondary N) is 1. The number of ether oxygens (including phenoxy) is 2. The Labute approximate surface area is 126 Å². The van der Waals surface area contributed by atoms with Crippen LogP contribution in [0, 0.1) is 0 Å². The van der Waals surface area contributed by atoms with Crippen LogP contribution in [0.4, 0.5) is 0 Å². The largest absolute Gasteiger partial charge is 0.379 e. The van der Waals surface area contributed by atoms with E-state index in [9.17, 15) is 4.79 Å². The molecule has 0 atom stereocenters. The van der Waals surface area contributed by atoms with Crippen molar-refractivity contribution in [2.75, 3.05) is 39.5 Å². The summed E-state index contributed by atoms with van der Waals surface area (Å²) < 4.78 is 10.5. The molecule has 1 aliphatic heterocycles. The molecule has 5 nitrogen and oxygen atoms in total. The third kappa shape index (κ3) is 5.46. The van der Waals surface area contributed by atoms with Crippen LogP contribution < -0.4 is 5.32 Å². The summed E-state index contributed by atoms with van der Waals surface area (Å²) in [4.78, 5) is 14.0. The van der Waals surface area contributed by atoms with E-state index in [1.807, 2.05) is 19.1 Å². The van der Waals surface area contributed by atoms with Crippen LogP contribution in [-0.4, -0.2) is 50.3 Å². The Hall–Kier alpha value is -1.43. The number of morpholine rings is 1. The lowest BCUT2D eigenvalue weighted by Gasteiger charge is -2.27. The molecule has 0 aliphatic carbocycles. The van der Waals surface area contributed by atoms with Gasteiger partial charge in [-0.05, 0) is 18.1 Å². The van der Waals surface area contributed by atoms with Crippen molar-refractivity contribution in [2.24, 2.45) is 0 Å². The average molecular weight is 292 g/mol. The lowest BCUT2D eigenvalue weighted by atomic mass is 10.1. The highest BCUT2D eigenvalue weighted by atomic mass is 16.5. The highest BCUT2D eigenvalue weighted by molar-refractivity contribution is 5.77. The fourth-order valence-electron chi connectivity index (χ4n) is 2.32. The van der Waals surface area contributed by atoms with Crippen molar-refractivity contribution in [3.8, 4) is 0 Å². The Morgan fingerprint density at radius 2 is 2.00 bits per heavy atom. The van der Waals surface area contributed by atoms with E-state index >= 15 is 0 Å². The van der Waals surface area contributed by atoms with Crippen LogP contribution in [-0.2, 0) is 27.4 Å². The molecule has 5 heteroatoms. The lowest BCUT2D eigenvalue weighted by Crippen LogP contribution is -2.36. The molecule has 1 aromatic carbocycles. The van der Waals surface area contributed by atoms with Gasteiger partial charge in [0, 0.05) is 32.8 Å². The van der Waals surface area contributed by atoms with Gasteiger partial charge in [-0.1, -0.05) is 24.3 Å². The van der Waals surface area contributed by atoms with E-state index in [1.54, 1.807) is 0 Å². The van der Waals surface area contributed by atoms with Gasteiger partial charge in [-0.15, -0.1) is 0 Å². The number of hydrogen-bond acceptors (Lipinski definition) is 4. The van der Waals surface area contributed by atoms with E-state index in [1.165, 1.54) is 5.56 Å². The molecule has 116 valence electrons. The first kappa shape index (κ1) is 15.9. The minimum atomic E-state index is -0.0713. The summed E-state index contributed by atoms with van der Waals surface area (Å²) in [6.07, 6.45) is 0. The molecular weight excluding hydrogens is 268 g/mol. The predicted molar refractivity (Wildman–Crippen MR) is 80.9 cm³/mol. The van der Waals surface area contributed by atoms with Gasteiger partial charge in [0.1, 0.15) is 6.61 Å². The van der Waals surface area contributed by atoms with Crippen molar-refractivity contribution >= 4 is 5.91 Å². The van der Waals surface area contributed by atoms with Crippen LogP contribution in [0.1, 0.15) is 18.1 Å². The molecule has 1 saturated heterocycles. The van der Waals surface area contributed by atoms with E-state index in [0.717, 1.165) is 38.4 Å². The van der Waals surface area contributed by atoms with E-state index in [-0.39, 0.29) is 12.5 Å². The van der Waals surface area contributed by atoms with Crippen molar-refractivity contribution in [3.63, 3.8) is 0 Å². The molecule has 0 radical (unpaired) electrons. The number of nitrogens with zero attached hydrogens (tertiary/aromatic N) is 1. The highest BCUT2D eigenvalue weighted by Crippen LogP contribution is 2.12. The molecule has 2 rings (SSSR count). The number of amides is 1. The Kier molecular flexibility index (Phi) is 6.66. The van der Waals surface area contributed by atoms with E-state index in [2.05, 4.69) is 22.3 Å².